The third-order valence-corrected chi connectivity index (χ3v) is 8.34. The Morgan fingerprint density at radius 2 is 1.84 bits per heavy atom. The first kappa shape index (κ1) is 22.6. The molecule has 184 valence electrons. The summed E-state index contributed by atoms with van der Waals surface area (Å²) in [4.78, 5) is 36.3. The highest BCUT2D eigenvalue weighted by atomic mass is 35.5. The van der Waals surface area contributed by atoms with Crippen LogP contribution in [0.5, 0.6) is 0 Å². The number of carbonyl (C=O) groups is 2. The van der Waals surface area contributed by atoms with Gasteiger partial charge in [-0.2, -0.15) is 4.98 Å². The summed E-state index contributed by atoms with van der Waals surface area (Å²) < 4.78 is 5.63. The molecule has 2 aliphatic heterocycles. The third kappa shape index (κ3) is 4.01. The van der Waals surface area contributed by atoms with Crippen LogP contribution in [0.4, 0.5) is 11.4 Å². The van der Waals surface area contributed by atoms with E-state index in [1.807, 2.05) is 59.5 Å². The van der Waals surface area contributed by atoms with E-state index >= 15 is 0 Å². The van der Waals surface area contributed by atoms with Crippen LogP contribution < -0.4 is 9.80 Å². The maximum Gasteiger partial charge on any atom is 0.259 e. The lowest BCUT2D eigenvalue weighted by Gasteiger charge is -2.22. The van der Waals surface area contributed by atoms with Crippen molar-refractivity contribution < 1.29 is 14.1 Å². The number of amides is 2. The number of hydrogen-bond acceptors (Lipinski definition) is 6. The quantitative estimate of drug-likeness (QED) is 0.314. The van der Waals surface area contributed by atoms with Gasteiger partial charge in [0.1, 0.15) is 0 Å². The Balaban J connectivity index is 1.19. The van der Waals surface area contributed by atoms with Gasteiger partial charge in [0, 0.05) is 45.1 Å². The summed E-state index contributed by atoms with van der Waals surface area (Å²) in [5.41, 5.74) is 3.21. The molecule has 1 saturated carbocycles. The van der Waals surface area contributed by atoms with E-state index in [1.54, 1.807) is 28.8 Å². The molecule has 1 aliphatic carbocycles. The summed E-state index contributed by atoms with van der Waals surface area (Å²) in [5, 5.41) is 4.82. The molecule has 1 aromatic heterocycles. The lowest BCUT2D eigenvalue weighted by molar-refractivity contribution is -0.117. The average molecular weight is 529 g/mol. The summed E-state index contributed by atoms with van der Waals surface area (Å²) in [7, 11) is 0. The maximum absolute atomic E-state index is 13.4. The van der Waals surface area contributed by atoms with Gasteiger partial charge < -0.3 is 14.3 Å². The molecule has 0 bridgehead atoms. The molecule has 0 N–H and O–H groups in total. The Morgan fingerprint density at radius 1 is 0.973 bits per heavy atom. The van der Waals surface area contributed by atoms with Crippen LogP contribution in [0.3, 0.4) is 0 Å². The smallest absolute Gasteiger partial charge is 0.259 e. The van der Waals surface area contributed by atoms with E-state index in [-0.39, 0.29) is 23.8 Å². The third-order valence-electron chi connectivity index (χ3n) is 6.98. The fourth-order valence-electron chi connectivity index (χ4n) is 5.00. The molecule has 3 aliphatic rings. The highest BCUT2D eigenvalue weighted by Gasteiger charge is 2.38. The molecule has 1 atom stereocenters. The Kier molecular flexibility index (Phi) is 5.33. The maximum atomic E-state index is 13.4. The molecule has 9 heteroatoms. The van der Waals surface area contributed by atoms with Crippen molar-refractivity contribution in [2.24, 2.45) is 0 Å². The number of benzene rings is 3. The molecule has 3 aromatic carbocycles. The van der Waals surface area contributed by atoms with Crippen LogP contribution in [0.15, 0.2) is 81.0 Å². The summed E-state index contributed by atoms with van der Waals surface area (Å²) >= 11 is 7.71. The Labute approximate surface area is 222 Å². The zero-order chi connectivity index (χ0) is 25.1. The van der Waals surface area contributed by atoms with Crippen LogP contribution in [0.25, 0.3) is 11.4 Å². The average Bonchev–Trinajstić information content (AvgIpc) is 3.49. The minimum absolute atomic E-state index is 0.00283. The summed E-state index contributed by atoms with van der Waals surface area (Å²) in [5.74, 6) is 0.758. The van der Waals surface area contributed by atoms with Gasteiger partial charge in [-0.05, 0) is 61.4 Å². The Hall–Kier alpha value is -3.62. The Bertz CT molecular complexity index is 1570. The molecule has 3 heterocycles. The van der Waals surface area contributed by atoms with Gasteiger partial charge in [-0.3, -0.25) is 9.59 Å². The molecular weight excluding hydrogens is 508 g/mol. The van der Waals surface area contributed by atoms with Crippen molar-refractivity contribution in [3.05, 3.63) is 83.2 Å². The number of hydrogen-bond donors (Lipinski definition) is 0. The first-order valence-corrected chi connectivity index (χ1v) is 13.4. The second kappa shape index (κ2) is 8.75. The zero-order valence-electron chi connectivity index (χ0n) is 19.6. The van der Waals surface area contributed by atoms with E-state index < -0.39 is 0 Å². The molecule has 37 heavy (non-hydrogen) atoms. The van der Waals surface area contributed by atoms with Gasteiger partial charge in [-0.15, -0.1) is 0 Å². The summed E-state index contributed by atoms with van der Waals surface area (Å²) in [6, 6.07) is 21.2. The second-order valence-corrected chi connectivity index (χ2v) is 11.0. The summed E-state index contributed by atoms with van der Waals surface area (Å²) in [6.45, 7) is 0.454. The SMILES string of the molecule is O=C1C[C@@H](c2nc(-c3ccc4c(c3)Sc3ccccc3C(=O)N4C3CC3)no2)CN1c1cccc(Cl)c1. The van der Waals surface area contributed by atoms with E-state index in [9.17, 15) is 9.59 Å². The van der Waals surface area contributed by atoms with Crippen LogP contribution >= 0.6 is 23.4 Å². The monoisotopic (exact) mass is 528 g/mol. The lowest BCUT2D eigenvalue weighted by atomic mass is 10.1. The highest BCUT2D eigenvalue weighted by Crippen LogP contribution is 2.46. The molecular formula is C28H21ClN4O3S. The number of fused-ring (bicyclic) bond motifs is 2. The second-order valence-electron chi connectivity index (χ2n) is 9.53. The number of halogens is 1. The minimum atomic E-state index is -0.196. The van der Waals surface area contributed by atoms with E-state index in [2.05, 4.69) is 10.1 Å². The van der Waals surface area contributed by atoms with Crippen molar-refractivity contribution in [3.8, 4) is 11.4 Å². The number of aromatic nitrogens is 2. The Morgan fingerprint density at radius 3 is 2.68 bits per heavy atom. The van der Waals surface area contributed by atoms with Crippen LogP contribution in [-0.2, 0) is 4.79 Å². The molecule has 7 rings (SSSR count). The van der Waals surface area contributed by atoms with Crippen molar-refractivity contribution in [2.45, 2.75) is 41.0 Å². The predicted octanol–water partition coefficient (Wildman–Crippen LogP) is 6.18. The van der Waals surface area contributed by atoms with E-state index in [4.69, 9.17) is 16.1 Å². The molecule has 0 radical (unpaired) electrons. The van der Waals surface area contributed by atoms with Crippen molar-refractivity contribution in [1.82, 2.24) is 10.1 Å². The van der Waals surface area contributed by atoms with E-state index in [1.165, 1.54) is 0 Å². The van der Waals surface area contributed by atoms with E-state index in [0.717, 1.165) is 45.1 Å². The van der Waals surface area contributed by atoms with Gasteiger partial charge >= 0.3 is 0 Å². The standard InChI is InChI=1S/C28H21ClN4O3S/c29-18-4-3-5-20(14-18)32-15-17(13-25(32)34)27-30-26(31-36-27)16-8-11-22-24(12-16)37-23-7-2-1-6-21(23)28(35)33(22)19-9-10-19/h1-8,11-12,14,17,19H,9-10,13,15H2/t17-/m1/s1. The highest BCUT2D eigenvalue weighted by molar-refractivity contribution is 7.99. The zero-order valence-corrected chi connectivity index (χ0v) is 21.2. The van der Waals surface area contributed by atoms with Crippen molar-refractivity contribution in [1.29, 1.82) is 0 Å². The molecule has 1 saturated heterocycles. The van der Waals surface area contributed by atoms with Gasteiger partial charge in [-0.1, -0.05) is 46.7 Å². The summed E-state index contributed by atoms with van der Waals surface area (Å²) in [6.07, 6.45) is 2.32. The van der Waals surface area contributed by atoms with Crippen LogP contribution in [0, 0.1) is 0 Å². The molecule has 0 spiro atoms. The van der Waals surface area contributed by atoms with Gasteiger partial charge in [0.15, 0.2) is 0 Å². The van der Waals surface area contributed by atoms with Gasteiger partial charge in [-0.25, -0.2) is 0 Å². The number of nitrogens with zero attached hydrogens (tertiary/aromatic N) is 4. The van der Waals surface area contributed by atoms with Gasteiger partial charge in [0.25, 0.3) is 5.91 Å². The first-order chi connectivity index (χ1) is 18.0. The first-order valence-electron chi connectivity index (χ1n) is 12.2. The molecule has 0 unspecified atom stereocenters. The van der Waals surface area contributed by atoms with Crippen LogP contribution in [0.1, 0.15) is 41.4 Å². The topological polar surface area (TPSA) is 79.5 Å². The normalized spacial score (nSPS) is 19.1. The molecule has 2 amide bonds. The number of anilines is 2. The molecule has 7 nitrogen and oxygen atoms in total. The molecule has 4 aromatic rings. The molecule has 2 fully saturated rings. The predicted molar refractivity (Wildman–Crippen MR) is 141 cm³/mol. The van der Waals surface area contributed by atoms with Crippen molar-refractivity contribution in [3.63, 3.8) is 0 Å². The fraction of sp³-hybridized carbons (Fsp3) is 0.214. The van der Waals surface area contributed by atoms with E-state index in [0.29, 0.717) is 29.7 Å². The van der Waals surface area contributed by atoms with Crippen molar-refractivity contribution in [2.75, 3.05) is 16.3 Å². The van der Waals surface area contributed by atoms with Gasteiger partial charge in [0.2, 0.25) is 17.6 Å². The van der Waals surface area contributed by atoms with Crippen LogP contribution in [0.2, 0.25) is 5.02 Å². The minimum Gasteiger partial charge on any atom is -0.339 e. The number of rotatable bonds is 4. The van der Waals surface area contributed by atoms with Crippen LogP contribution in [-0.4, -0.2) is 34.5 Å². The fourth-order valence-corrected chi connectivity index (χ4v) is 6.29. The number of carbonyl (C=O) groups excluding carboxylic acids is 2. The van der Waals surface area contributed by atoms with Gasteiger partial charge in [0.05, 0.1) is 17.2 Å². The largest absolute Gasteiger partial charge is 0.339 e. The lowest BCUT2D eigenvalue weighted by Crippen LogP contribution is -2.32. The van der Waals surface area contributed by atoms with Crippen molar-refractivity contribution >= 4 is 46.6 Å².